The van der Waals surface area contributed by atoms with Crippen LogP contribution in [0.1, 0.15) is 27.7 Å². The maximum Gasteiger partial charge on any atom is 0.242 e. The van der Waals surface area contributed by atoms with Crippen LogP contribution in [0.5, 0.6) is 17.2 Å². The average molecular weight is 364 g/mol. The van der Waals surface area contributed by atoms with Crippen molar-refractivity contribution in [2.24, 2.45) is 4.99 Å². The van der Waals surface area contributed by atoms with Crippen LogP contribution < -0.4 is 30.2 Å². The second-order valence-corrected chi connectivity index (χ2v) is 6.78. The van der Waals surface area contributed by atoms with Crippen molar-refractivity contribution in [1.29, 1.82) is 0 Å². The number of benzene rings is 1. The molecule has 1 aliphatic rings. The van der Waals surface area contributed by atoms with Crippen molar-refractivity contribution in [2.75, 3.05) is 33.0 Å². The molecule has 0 saturated heterocycles. The highest BCUT2D eigenvalue weighted by Crippen LogP contribution is 2.34. The lowest BCUT2D eigenvalue weighted by Crippen LogP contribution is -2.43. The molecule has 0 radical (unpaired) electrons. The van der Waals surface area contributed by atoms with Gasteiger partial charge in [-0.2, -0.15) is 0 Å². The molecule has 0 aliphatic carbocycles. The molecule has 0 saturated carbocycles. The van der Waals surface area contributed by atoms with E-state index in [0.717, 1.165) is 5.75 Å². The molecule has 0 aromatic heterocycles. The van der Waals surface area contributed by atoms with Crippen molar-refractivity contribution in [1.82, 2.24) is 16.0 Å². The molecule has 1 heterocycles. The van der Waals surface area contributed by atoms with E-state index in [1.165, 1.54) is 0 Å². The molecule has 0 unspecified atom stereocenters. The normalized spacial score (nSPS) is 13.3. The van der Waals surface area contributed by atoms with Crippen LogP contribution in [0, 0.1) is 0 Å². The third kappa shape index (κ3) is 6.70. The van der Waals surface area contributed by atoms with Gasteiger partial charge in [-0.1, -0.05) is 0 Å². The topological polar surface area (TPSA) is 93.2 Å². The molecule has 0 fully saturated rings. The Bertz CT molecular complexity index is 641. The first-order chi connectivity index (χ1) is 12.4. The highest BCUT2D eigenvalue weighted by atomic mass is 16.7. The quantitative estimate of drug-likeness (QED) is 0.383. The minimum absolute atomic E-state index is 0.0651. The van der Waals surface area contributed by atoms with E-state index in [1.807, 2.05) is 39.8 Å². The van der Waals surface area contributed by atoms with Gasteiger partial charge < -0.3 is 30.2 Å². The zero-order valence-corrected chi connectivity index (χ0v) is 15.8. The maximum absolute atomic E-state index is 11.9. The van der Waals surface area contributed by atoms with Crippen LogP contribution in [-0.4, -0.2) is 50.4 Å². The van der Waals surface area contributed by atoms with E-state index in [4.69, 9.17) is 14.2 Å². The fraction of sp³-hybridized carbons (Fsp3) is 0.556. The summed E-state index contributed by atoms with van der Waals surface area (Å²) in [6, 6.07) is 5.46. The fourth-order valence-electron chi connectivity index (χ4n) is 2.26. The monoisotopic (exact) mass is 364 g/mol. The predicted octanol–water partition coefficient (Wildman–Crippen LogP) is 1.26. The van der Waals surface area contributed by atoms with E-state index in [1.54, 1.807) is 6.07 Å². The lowest BCUT2D eigenvalue weighted by atomic mass is 10.1. The second kappa shape index (κ2) is 9.17. The minimum Gasteiger partial charge on any atom is -0.492 e. The van der Waals surface area contributed by atoms with Gasteiger partial charge in [0, 0.05) is 18.2 Å². The van der Waals surface area contributed by atoms with Crippen molar-refractivity contribution in [3.8, 4) is 17.2 Å². The van der Waals surface area contributed by atoms with Crippen LogP contribution in [0.25, 0.3) is 0 Å². The Morgan fingerprint density at radius 1 is 1.23 bits per heavy atom. The molecule has 0 spiro atoms. The number of amides is 1. The summed E-state index contributed by atoms with van der Waals surface area (Å²) >= 11 is 0. The Hall–Kier alpha value is -2.64. The van der Waals surface area contributed by atoms with Crippen molar-refractivity contribution >= 4 is 11.9 Å². The maximum atomic E-state index is 11.9. The number of carbonyl (C=O) groups excluding carboxylic acids is 1. The van der Waals surface area contributed by atoms with Crippen LogP contribution >= 0.6 is 0 Å². The molecule has 1 aliphatic heterocycles. The summed E-state index contributed by atoms with van der Waals surface area (Å²) in [6.45, 7) is 9.77. The highest BCUT2D eigenvalue weighted by Gasteiger charge is 2.14. The standard InChI is InChI=1S/C18H28N4O4/c1-5-19-17(21-11-16(23)22-18(2,3)4)20-8-9-24-13-6-7-14-15(10-13)26-12-25-14/h6-7,10H,5,8-9,11-12H2,1-4H3,(H,22,23)(H2,19,20,21). The minimum atomic E-state index is -0.267. The van der Waals surface area contributed by atoms with Gasteiger partial charge in [-0.25, -0.2) is 4.99 Å². The molecular formula is C18H28N4O4. The first-order valence-corrected chi connectivity index (χ1v) is 8.73. The number of hydrogen-bond acceptors (Lipinski definition) is 5. The van der Waals surface area contributed by atoms with Crippen molar-refractivity contribution in [3.63, 3.8) is 0 Å². The number of nitrogens with zero attached hydrogens (tertiary/aromatic N) is 1. The Kier molecular flexibility index (Phi) is 6.94. The molecule has 2 rings (SSSR count). The first-order valence-electron chi connectivity index (χ1n) is 8.73. The Balaban J connectivity index is 1.75. The van der Waals surface area contributed by atoms with Gasteiger partial charge in [0.15, 0.2) is 17.5 Å². The highest BCUT2D eigenvalue weighted by molar-refractivity contribution is 5.85. The van der Waals surface area contributed by atoms with Gasteiger partial charge in [0.25, 0.3) is 0 Å². The van der Waals surface area contributed by atoms with Gasteiger partial charge in [-0.15, -0.1) is 0 Å². The van der Waals surface area contributed by atoms with Gasteiger partial charge in [0.05, 0.1) is 6.54 Å². The second-order valence-electron chi connectivity index (χ2n) is 6.78. The van der Waals surface area contributed by atoms with Gasteiger partial charge in [-0.3, -0.25) is 4.79 Å². The molecule has 0 atom stereocenters. The Morgan fingerprint density at radius 3 is 2.73 bits per heavy atom. The molecule has 26 heavy (non-hydrogen) atoms. The van der Waals surface area contributed by atoms with E-state index in [9.17, 15) is 4.79 Å². The summed E-state index contributed by atoms with van der Waals surface area (Å²) in [7, 11) is 0. The number of rotatable bonds is 7. The smallest absolute Gasteiger partial charge is 0.242 e. The molecule has 8 heteroatoms. The first kappa shape index (κ1) is 19.7. The van der Waals surface area contributed by atoms with Crippen molar-refractivity contribution < 1.29 is 19.0 Å². The van der Waals surface area contributed by atoms with Gasteiger partial charge in [-0.05, 0) is 39.8 Å². The molecule has 144 valence electrons. The van der Waals surface area contributed by atoms with Crippen LogP contribution in [-0.2, 0) is 4.79 Å². The molecule has 1 aromatic carbocycles. The summed E-state index contributed by atoms with van der Waals surface area (Å²) in [6.07, 6.45) is 0. The number of ether oxygens (including phenoxy) is 3. The zero-order chi connectivity index (χ0) is 19.0. The Morgan fingerprint density at radius 2 is 2.00 bits per heavy atom. The molecule has 1 aromatic rings. The lowest BCUT2D eigenvalue weighted by molar-refractivity contribution is -0.121. The summed E-state index contributed by atoms with van der Waals surface area (Å²) < 4.78 is 16.3. The van der Waals surface area contributed by atoms with E-state index in [-0.39, 0.29) is 24.8 Å². The van der Waals surface area contributed by atoms with Crippen LogP contribution in [0.4, 0.5) is 0 Å². The summed E-state index contributed by atoms with van der Waals surface area (Å²) in [5.74, 6) is 2.58. The van der Waals surface area contributed by atoms with E-state index in [2.05, 4.69) is 20.9 Å². The molecule has 3 N–H and O–H groups in total. The largest absolute Gasteiger partial charge is 0.492 e. The van der Waals surface area contributed by atoms with Crippen LogP contribution in [0.3, 0.4) is 0 Å². The van der Waals surface area contributed by atoms with E-state index >= 15 is 0 Å². The van der Waals surface area contributed by atoms with Crippen LogP contribution in [0.15, 0.2) is 23.2 Å². The third-order valence-corrected chi connectivity index (χ3v) is 3.25. The summed E-state index contributed by atoms with van der Waals surface area (Å²) in [5, 5.41) is 9.12. The fourth-order valence-corrected chi connectivity index (χ4v) is 2.26. The molecular weight excluding hydrogens is 336 g/mol. The number of hydrogen-bond donors (Lipinski definition) is 3. The zero-order valence-electron chi connectivity index (χ0n) is 15.8. The average Bonchev–Trinajstić information content (AvgIpc) is 3.02. The number of guanidine groups is 1. The summed E-state index contributed by atoms with van der Waals surface area (Å²) in [4.78, 5) is 16.1. The summed E-state index contributed by atoms with van der Waals surface area (Å²) in [5.41, 5.74) is -0.267. The van der Waals surface area contributed by atoms with Gasteiger partial charge in [0.1, 0.15) is 18.9 Å². The predicted molar refractivity (Wildman–Crippen MR) is 99.9 cm³/mol. The number of aliphatic imine (C=N–C) groups is 1. The molecule has 0 bridgehead atoms. The van der Waals surface area contributed by atoms with Gasteiger partial charge >= 0.3 is 0 Å². The number of nitrogens with one attached hydrogen (secondary N) is 3. The SMILES string of the molecule is CCNC(=NCC(=O)NC(C)(C)C)NCCOc1ccc2c(c1)OCO2. The van der Waals surface area contributed by atoms with Gasteiger partial charge in [0.2, 0.25) is 12.7 Å². The van der Waals surface area contributed by atoms with Crippen LogP contribution in [0.2, 0.25) is 0 Å². The van der Waals surface area contributed by atoms with Crippen molar-refractivity contribution in [3.05, 3.63) is 18.2 Å². The number of carbonyl (C=O) groups is 1. The third-order valence-electron chi connectivity index (χ3n) is 3.25. The number of fused-ring (bicyclic) bond motifs is 1. The lowest BCUT2D eigenvalue weighted by Gasteiger charge is -2.20. The molecule has 8 nitrogen and oxygen atoms in total. The Labute approximate surface area is 154 Å². The van der Waals surface area contributed by atoms with E-state index in [0.29, 0.717) is 37.2 Å². The van der Waals surface area contributed by atoms with E-state index < -0.39 is 0 Å². The van der Waals surface area contributed by atoms with Crippen molar-refractivity contribution in [2.45, 2.75) is 33.2 Å². The molecule has 1 amide bonds.